The number of aliphatic carboxylic acids is 1. The summed E-state index contributed by atoms with van der Waals surface area (Å²) in [5, 5.41) is 15.4. The van der Waals surface area contributed by atoms with Gasteiger partial charge in [0, 0.05) is 25.0 Å². The summed E-state index contributed by atoms with van der Waals surface area (Å²) in [5.74, 6) is -3.49. The first-order valence-corrected chi connectivity index (χ1v) is 13.4. The third kappa shape index (κ3) is 6.10. The van der Waals surface area contributed by atoms with Gasteiger partial charge in [-0.25, -0.2) is 9.07 Å². The monoisotopic (exact) mass is 572 g/mol. The average molecular weight is 573 g/mol. The van der Waals surface area contributed by atoms with Gasteiger partial charge in [0.05, 0.1) is 23.1 Å². The molecule has 0 bridgehead atoms. The number of piperidine rings is 1. The Balaban J connectivity index is 1.22. The maximum absolute atomic E-state index is 13.7. The molecule has 1 aromatic heterocycles. The summed E-state index contributed by atoms with van der Waals surface area (Å²) in [7, 11) is 0. The smallest absolute Gasteiger partial charge is 0.435 e. The largest absolute Gasteiger partial charge is 0.481 e. The lowest BCUT2D eigenvalue weighted by Gasteiger charge is -2.34. The first kappa shape index (κ1) is 28.3. The molecule has 3 aromatic rings. The molecule has 2 atom stereocenters. The van der Waals surface area contributed by atoms with Gasteiger partial charge in [0.1, 0.15) is 5.82 Å². The number of benzene rings is 2. The van der Waals surface area contributed by atoms with Gasteiger partial charge in [-0.1, -0.05) is 18.6 Å². The van der Waals surface area contributed by atoms with Crippen molar-refractivity contribution in [3.8, 4) is 5.69 Å². The van der Waals surface area contributed by atoms with Gasteiger partial charge in [-0.3, -0.25) is 14.4 Å². The number of hydrogen-bond donors (Lipinski definition) is 2. The number of anilines is 1. The summed E-state index contributed by atoms with van der Waals surface area (Å²) < 4.78 is 55.1. The number of hydrogen-bond acceptors (Lipinski definition) is 4. The molecule has 1 aliphatic carbocycles. The van der Waals surface area contributed by atoms with Crippen LogP contribution in [0.25, 0.3) is 5.69 Å². The molecule has 1 saturated carbocycles. The van der Waals surface area contributed by atoms with Crippen LogP contribution in [0.4, 0.5) is 23.2 Å². The van der Waals surface area contributed by atoms with Crippen molar-refractivity contribution in [2.45, 2.75) is 44.2 Å². The molecular weight excluding hydrogens is 544 g/mol. The number of nitrogens with one attached hydrogen (secondary N) is 1. The predicted molar refractivity (Wildman–Crippen MR) is 140 cm³/mol. The lowest BCUT2D eigenvalue weighted by atomic mass is 9.88. The molecule has 5 rings (SSSR count). The Morgan fingerprint density at radius 1 is 0.902 bits per heavy atom. The summed E-state index contributed by atoms with van der Waals surface area (Å²) in [6, 6.07) is 11.5. The normalized spacial score (nSPS) is 19.8. The summed E-state index contributed by atoms with van der Waals surface area (Å²) in [6.45, 7) is 1.03. The Labute approximate surface area is 233 Å². The maximum atomic E-state index is 13.7. The number of aromatic nitrogens is 2. The number of rotatable bonds is 6. The van der Waals surface area contributed by atoms with Crippen molar-refractivity contribution in [1.82, 2.24) is 14.7 Å². The van der Waals surface area contributed by atoms with E-state index in [2.05, 4.69) is 10.4 Å². The zero-order valence-electron chi connectivity index (χ0n) is 21.9. The molecule has 41 heavy (non-hydrogen) atoms. The molecule has 216 valence electrons. The standard InChI is InChI=1S/C29H28F4N4O4/c30-19-6-10-21(11-7-19)37-16-24(25(35-37)29(31,32)33)26(38)34-20-8-4-17(5-9-20)18-12-14-36(15-13-18)27(39)22-2-1-3-23(22)28(40)41/h4-11,16,18,22-23H,1-3,12-15H2,(H,34,38)(H,40,41). The number of carboxylic acids is 1. The van der Waals surface area contributed by atoms with E-state index in [4.69, 9.17) is 0 Å². The fourth-order valence-corrected chi connectivity index (χ4v) is 5.73. The van der Waals surface area contributed by atoms with Crippen LogP contribution in [0.15, 0.2) is 54.7 Å². The molecule has 1 saturated heterocycles. The van der Waals surface area contributed by atoms with Crippen molar-refractivity contribution in [1.29, 1.82) is 0 Å². The number of carbonyl (C=O) groups is 3. The van der Waals surface area contributed by atoms with Crippen LogP contribution >= 0.6 is 0 Å². The summed E-state index contributed by atoms with van der Waals surface area (Å²) in [6.07, 6.45) is -0.678. The van der Waals surface area contributed by atoms with Gasteiger partial charge in [-0.2, -0.15) is 18.3 Å². The van der Waals surface area contributed by atoms with E-state index in [1.54, 1.807) is 29.2 Å². The third-order valence-electron chi connectivity index (χ3n) is 7.92. The molecule has 2 heterocycles. The van der Waals surface area contributed by atoms with Gasteiger partial charge in [-0.15, -0.1) is 0 Å². The van der Waals surface area contributed by atoms with Crippen LogP contribution in [-0.4, -0.2) is 50.7 Å². The van der Waals surface area contributed by atoms with E-state index in [1.165, 1.54) is 12.1 Å². The van der Waals surface area contributed by atoms with Crippen LogP contribution in [0.2, 0.25) is 0 Å². The number of carboxylic acid groups (broad SMARTS) is 1. The highest BCUT2D eigenvalue weighted by molar-refractivity contribution is 6.05. The molecule has 2 aromatic carbocycles. The van der Waals surface area contributed by atoms with Crippen LogP contribution in [-0.2, 0) is 15.8 Å². The van der Waals surface area contributed by atoms with Crippen molar-refractivity contribution >= 4 is 23.5 Å². The fourth-order valence-electron chi connectivity index (χ4n) is 5.73. The molecule has 12 heteroatoms. The maximum Gasteiger partial charge on any atom is 0.435 e. The molecule has 2 aliphatic rings. The zero-order valence-corrected chi connectivity index (χ0v) is 21.9. The Bertz CT molecular complexity index is 1430. The second-order valence-electron chi connectivity index (χ2n) is 10.5. The van der Waals surface area contributed by atoms with Crippen LogP contribution in [0.5, 0.6) is 0 Å². The van der Waals surface area contributed by atoms with Crippen LogP contribution < -0.4 is 5.32 Å². The first-order chi connectivity index (χ1) is 19.5. The lowest BCUT2D eigenvalue weighted by Crippen LogP contribution is -2.43. The topological polar surface area (TPSA) is 105 Å². The van der Waals surface area contributed by atoms with E-state index in [-0.39, 0.29) is 17.5 Å². The minimum Gasteiger partial charge on any atom is -0.481 e. The number of amides is 2. The SMILES string of the molecule is O=C(Nc1ccc(C2CCN(C(=O)C3CCCC3C(=O)O)CC2)cc1)c1cn(-c2ccc(F)cc2)nc1C(F)(F)F. The molecule has 2 fully saturated rings. The van der Waals surface area contributed by atoms with Crippen molar-refractivity contribution in [3.05, 3.63) is 77.4 Å². The predicted octanol–water partition coefficient (Wildman–Crippen LogP) is 5.49. The quantitative estimate of drug-likeness (QED) is 0.380. The van der Waals surface area contributed by atoms with Gasteiger partial charge < -0.3 is 15.3 Å². The van der Waals surface area contributed by atoms with Gasteiger partial charge >= 0.3 is 12.1 Å². The highest BCUT2D eigenvalue weighted by Crippen LogP contribution is 2.36. The zero-order chi connectivity index (χ0) is 29.3. The highest BCUT2D eigenvalue weighted by atomic mass is 19.4. The van der Waals surface area contributed by atoms with Gasteiger partial charge in [0.25, 0.3) is 5.91 Å². The molecule has 2 N–H and O–H groups in total. The molecule has 2 unspecified atom stereocenters. The van der Waals surface area contributed by atoms with E-state index in [0.717, 1.165) is 35.0 Å². The molecule has 8 nitrogen and oxygen atoms in total. The fraction of sp³-hybridized carbons (Fsp3) is 0.379. The lowest BCUT2D eigenvalue weighted by molar-refractivity contribution is -0.149. The highest BCUT2D eigenvalue weighted by Gasteiger charge is 2.41. The van der Waals surface area contributed by atoms with Crippen molar-refractivity contribution < 1.29 is 37.1 Å². The Morgan fingerprint density at radius 3 is 2.15 bits per heavy atom. The minimum atomic E-state index is -4.88. The molecular formula is C29H28F4N4O4. The van der Waals surface area contributed by atoms with E-state index in [1.807, 2.05) is 0 Å². The van der Waals surface area contributed by atoms with Crippen molar-refractivity contribution in [3.63, 3.8) is 0 Å². The van der Waals surface area contributed by atoms with Gasteiger partial charge in [-0.05, 0) is 73.6 Å². The molecule has 0 spiro atoms. The summed E-state index contributed by atoms with van der Waals surface area (Å²) in [4.78, 5) is 39.0. The number of nitrogens with zero attached hydrogens (tertiary/aromatic N) is 3. The summed E-state index contributed by atoms with van der Waals surface area (Å²) >= 11 is 0. The number of halogens is 4. The number of likely N-dealkylation sites (tertiary alicyclic amines) is 1. The van der Waals surface area contributed by atoms with Crippen molar-refractivity contribution in [2.75, 3.05) is 18.4 Å². The molecule has 2 amide bonds. The minimum absolute atomic E-state index is 0.0904. The van der Waals surface area contributed by atoms with E-state index in [9.17, 15) is 37.1 Å². The van der Waals surface area contributed by atoms with Crippen LogP contribution in [0.3, 0.4) is 0 Å². The van der Waals surface area contributed by atoms with Crippen molar-refractivity contribution in [2.24, 2.45) is 11.8 Å². The van der Waals surface area contributed by atoms with Crippen LogP contribution in [0.1, 0.15) is 59.6 Å². The second-order valence-corrected chi connectivity index (χ2v) is 10.5. The van der Waals surface area contributed by atoms with E-state index in [0.29, 0.717) is 44.5 Å². The Hall–Kier alpha value is -4.22. The van der Waals surface area contributed by atoms with Gasteiger partial charge in [0.15, 0.2) is 5.69 Å². The number of alkyl halides is 3. The second kappa shape index (κ2) is 11.3. The van der Waals surface area contributed by atoms with E-state index < -0.39 is 47.0 Å². The Morgan fingerprint density at radius 2 is 1.54 bits per heavy atom. The third-order valence-corrected chi connectivity index (χ3v) is 7.92. The Kier molecular flexibility index (Phi) is 7.83. The average Bonchev–Trinajstić information content (AvgIpc) is 3.62. The number of carbonyl (C=O) groups excluding carboxylic acids is 2. The van der Waals surface area contributed by atoms with E-state index >= 15 is 0 Å². The van der Waals surface area contributed by atoms with Gasteiger partial charge in [0.2, 0.25) is 5.91 Å². The molecule has 0 radical (unpaired) electrons. The molecule has 1 aliphatic heterocycles. The first-order valence-electron chi connectivity index (χ1n) is 13.4. The summed E-state index contributed by atoms with van der Waals surface area (Å²) in [5.41, 5.74) is -0.590. The van der Waals surface area contributed by atoms with Crippen LogP contribution in [0, 0.1) is 17.7 Å².